The molecule has 0 aliphatic heterocycles. The summed E-state index contributed by atoms with van der Waals surface area (Å²) in [6.45, 7) is 2.19. The van der Waals surface area contributed by atoms with E-state index >= 15 is 0 Å². The van der Waals surface area contributed by atoms with Gasteiger partial charge in [0, 0.05) is 12.7 Å². The first-order valence-corrected chi connectivity index (χ1v) is 5.70. The van der Waals surface area contributed by atoms with Crippen LogP contribution in [0.2, 0.25) is 0 Å². The first-order valence-electron chi connectivity index (χ1n) is 5.70. The van der Waals surface area contributed by atoms with Gasteiger partial charge in [0.1, 0.15) is 6.04 Å². The summed E-state index contributed by atoms with van der Waals surface area (Å²) in [5.41, 5.74) is 1.40. The molecule has 0 aromatic heterocycles. The molecule has 0 spiro atoms. The van der Waals surface area contributed by atoms with Gasteiger partial charge in [-0.15, -0.1) is 0 Å². The molecule has 2 N–H and O–H groups in total. The zero-order valence-electron chi connectivity index (χ0n) is 10.5. The molecule has 1 aromatic carbocycles. The fraction of sp³-hybridized carbons (Fsp3) is 0.385. The zero-order valence-corrected chi connectivity index (χ0v) is 10.5. The average Bonchev–Trinajstić information content (AvgIpc) is 2.36. The average molecular weight is 251 g/mol. The molecule has 0 saturated carbocycles. The van der Waals surface area contributed by atoms with Crippen molar-refractivity contribution < 1.29 is 19.4 Å². The van der Waals surface area contributed by atoms with E-state index in [9.17, 15) is 9.59 Å². The van der Waals surface area contributed by atoms with Crippen LogP contribution in [0.4, 0.5) is 0 Å². The summed E-state index contributed by atoms with van der Waals surface area (Å²) in [5.74, 6) is -1.41. The van der Waals surface area contributed by atoms with Crippen molar-refractivity contribution in [2.24, 2.45) is 0 Å². The van der Waals surface area contributed by atoms with Crippen LogP contribution in [0.5, 0.6) is 0 Å². The molecule has 0 aliphatic rings. The number of rotatable bonds is 6. The largest absolute Gasteiger partial charge is 0.480 e. The Bertz CT molecular complexity index is 414. The Labute approximate surface area is 106 Å². The fourth-order valence-electron chi connectivity index (χ4n) is 1.50. The van der Waals surface area contributed by atoms with Crippen molar-refractivity contribution in [2.45, 2.75) is 26.0 Å². The van der Waals surface area contributed by atoms with Gasteiger partial charge < -0.3 is 15.2 Å². The number of carboxylic acid groups (broad SMARTS) is 1. The van der Waals surface area contributed by atoms with Gasteiger partial charge in [0.25, 0.3) is 5.91 Å². The van der Waals surface area contributed by atoms with Gasteiger partial charge in [0.15, 0.2) is 0 Å². The van der Waals surface area contributed by atoms with Gasteiger partial charge in [-0.3, -0.25) is 4.79 Å². The van der Waals surface area contributed by atoms with E-state index in [-0.39, 0.29) is 5.91 Å². The molecule has 98 valence electrons. The lowest BCUT2D eigenvalue weighted by Crippen LogP contribution is -2.40. The van der Waals surface area contributed by atoms with Gasteiger partial charge in [-0.1, -0.05) is 19.1 Å². The number of carbonyl (C=O) groups is 2. The first-order chi connectivity index (χ1) is 8.58. The summed E-state index contributed by atoms with van der Waals surface area (Å²) >= 11 is 0. The molecule has 0 unspecified atom stereocenters. The van der Waals surface area contributed by atoms with Crippen LogP contribution in [0.1, 0.15) is 29.3 Å². The van der Waals surface area contributed by atoms with E-state index in [2.05, 4.69) is 5.32 Å². The van der Waals surface area contributed by atoms with Crippen molar-refractivity contribution >= 4 is 11.9 Å². The van der Waals surface area contributed by atoms with E-state index in [1.807, 2.05) is 0 Å². The number of carboxylic acids is 1. The number of ether oxygens (including phenoxy) is 1. The van der Waals surface area contributed by atoms with Gasteiger partial charge in [0.2, 0.25) is 0 Å². The molecule has 18 heavy (non-hydrogen) atoms. The number of hydrogen-bond donors (Lipinski definition) is 2. The second-order valence-corrected chi connectivity index (χ2v) is 3.90. The van der Waals surface area contributed by atoms with Crippen molar-refractivity contribution in [3.05, 3.63) is 35.4 Å². The highest BCUT2D eigenvalue weighted by molar-refractivity contribution is 5.96. The number of carbonyl (C=O) groups excluding carboxylic acids is 1. The van der Waals surface area contributed by atoms with Crippen molar-refractivity contribution in [1.29, 1.82) is 0 Å². The third-order valence-corrected chi connectivity index (χ3v) is 2.54. The Morgan fingerprint density at radius 3 is 2.39 bits per heavy atom. The minimum absolute atomic E-state index is 0.350. The lowest BCUT2D eigenvalue weighted by Gasteiger charge is -2.12. The van der Waals surface area contributed by atoms with Crippen LogP contribution < -0.4 is 5.32 Å². The molecule has 0 saturated heterocycles. The summed E-state index contributed by atoms with van der Waals surface area (Å²) < 4.78 is 4.96. The smallest absolute Gasteiger partial charge is 0.326 e. The molecule has 1 atom stereocenters. The lowest BCUT2D eigenvalue weighted by molar-refractivity contribution is -0.139. The maximum absolute atomic E-state index is 11.8. The van der Waals surface area contributed by atoms with Crippen LogP contribution in [-0.2, 0) is 16.1 Å². The second kappa shape index (κ2) is 6.76. The highest BCUT2D eigenvalue weighted by atomic mass is 16.5. The number of amides is 1. The fourth-order valence-corrected chi connectivity index (χ4v) is 1.50. The normalized spacial score (nSPS) is 11.9. The third-order valence-electron chi connectivity index (χ3n) is 2.54. The Kier molecular flexibility index (Phi) is 5.32. The number of aliphatic carboxylic acids is 1. The van der Waals surface area contributed by atoms with Crippen LogP contribution in [-0.4, -0.2) is 30.1 Å². The third kappa shape index (κ3) is 3.85. The molecule has 5 nitrogen and oxygen atoms in total. The molecular weight excluding hydrogens is 234 g/mol. The number of nitrogens with one attached hydrogen (secondary N) is 1. The zero-order chi connectivity index (χ0) is 13.5. The predicted molar refractivity (Wildman–Crippen MR) is 66.3 cm³/mol. The molecule has 0 bridgehead atoms. The summed E-state index contributed by atoms with van der Waals surface area (Å²) in [6.07, 6.45) is 0.350. The SMILES string of the molecule is CC[C@@H](NC(=O)c1ccc(COC)cc1)C(=O)O. The van der Waals surface area contributed by atoms with Gasteiger partial charge in [-0.05, 0) is 24.1 Å². The van der Waals surface area contributed by atoms with Crippen molar-refractivity contribution in [3.63, 3.8) is 0 Å². The maximum Gasteiger partial charge on any atom is 0.326 e. The number of benzene rings is 1. The molecule has 0 aliphatic carbocycles. The first kappa shape index (κ1) is 14.2. The topological polar surface area (TPSA) is 75.6 Å². The molecule has 1 aromatic rings. The Balaban J connectivity index is 2.69. The van der Waals surface area contributed by atoms with E-state index in [1.165, 1.54) is 0 Å². The number of hydrogen-bond acceptors (Lipinski definition) is 3. The summed E-state index contributed by atoms with van der Waals surface area (Å²) in [7, 11) is 1.60. The van der Waals surface area contributed by atoms with Gasteiger partial charge in [0.05, 0.1) is 6.61 Å². The lowest BCUT2D eigenvalue weighted by atomic mass is 10.1. The van der Waals surface area contributed by atoms with Crippen molar-refractivity contribution in [1.82, 2.24) is 5.32 Å². The molecular formula is C13H17NO4. The molecule has 5 heteroatoms. The predicted octanol–water partition coefficient (Wildman–Crippen LogP) is 1.43. The highest BCUT2D eigenvalue weighted by Gasteiger charge is 2.18. The highest BCUT2D eigenvalue weighted by Crippen LogP contribution is 2.06. The minimum Gasteiger partial charge on any atom is -0.480 e. The molecule has 1 rings (SSSR count). The van der Waals surface area contributed by atoms with Gasteiger partial charge >= 0.3 is 5.97 Å². The maximum atomic E-state index is 11.8. The van der Waals surface area contributed by atoms with E-state index in [0.717, 1.165) is 5.56 Å². The van der Waals surface area contributed by atoms with E-state index < -0.39 is 12.0 Å². The Morgan fingerprint density at radius 2 is 1.94 bits per heavy atom. The molecule has 0 radical (unpaired) electrons. The van der Waals surface area contributed by atoms with Gasteiger partial charge in [-0.2, -0.15) is 0 Å². The van der Waals surface area contributed by atoms with E-state index in [0.29, 0.717) is 18.6 Å². The minimum atomic E-state index is -1.03. The van der Waals surface area contributed by atoms with Crippen LogP contribution in [0.3, 0.4) is 0 Å². The standard InChI is InChI=1S/C13H17NO4/c1-3-11(13(16)17)14-12(15)10-6-4-9(5-7-10)8-18-2/h4-7,11H,3,8H2,1-2H3,(H,14,15)(H,16,17)/t11-/m1/s1. The van der Waals surface area contributed by atoms with Crippen LogP contribution in [0, 0.1) is 0 Å². The van der Waals surface area contributed by atoms with Crippen LogP contribution in [0.25, 0.3) is 0 Å². The van der Waals surface area contributed by atoms with Crippen molar-refractivity contribution in [3.8, 4) is 0 Å². The number of methoxy groups -OCH3 is 1. The quantitative estimate of drug-likeness (QED) is 0.802. The van der Waals surface area contributed by atoms with E-state index in [4.69, 9.17) is 9.84 Å². The Morgan fingerprint density at radius 1 is 1.33 bits per heavy atom. The van der Waals surface area contributed by atoms with Gasteiger partial charge in [-0.25, -0.2) is 4.79 Å². The van der Waals surface area contributed by atoms with E-state index in [1.54, 1.807) is 38.3 Å². The molecule has 0 heterocycles. The summed E-state index contributed by atoms with van der Waals surface area (Å²) in [6, 6.07) is 6.01. The monoisotopic (exact) mass is 251 g/mol. The summed E-state index contributed by atoms with van der Waals surface area (Å²) in [5, 5.41) is 11.3. The Hall–Kier alpha value is -1.88. The van der Waals surface area contributed by atoms with Crippen LogP contribution in [0.15, 0.2) is 24.3 Å². The molecule has 0 fully saturated rings. The van der Waals surface area contributed by atoms with Crippen LogP contribution >= 0.6 is 0 Å². The second-order valence-electron chi connectivity index (χ2n) is 3.90. The van der Waals surface area contributed by atoms with Crippen molar-refractivity contribution in [2.75, 3.05) is 7.11 Å². The summed E-state index contributed by atoms with van der Waals surface area (Å²) in [4.78, 5) is 22.6. The molecule has 1 amide bonds.